The second kappa shape index (κ2) is 6.84. The summed E-state index contributed by atoms with van der Waals surface area (Å²) in [7, 11) is 1.94. The zero-order valence-corrected chi connectivity index (χ0v) is 15.0. The van der Waals surface area contributed by atoms with Crippen LogP contribution in [0.4, 0.5) is 0 Å². The number of benzene rings is 1. The molecule has 26 heavy (non-hydrogen) atoms. The number of carbonyl (C=O) groups is 1. The number of nitrogens with one attached hydrogen (secondary N) is 1. The summed E-state index contributed by atoms with van der Waals surface area (Å²) >= 11 is 0. The van der Waals surface area contributed by atoms with Gasteiger partial charge in [-0.1, -0.05) is 23.4 Å². The molecule has 3 aromatic rings. The van der Waals surface area contributed by atoms with Crippen molar-refractivity contribution in [2.75, 3.05) is 20.1 Å². The Morgan fingerprint density at radius 3 is 2.96 bits per heavy atom. The zero-order chi connectivity index (χ0) is 18.1. The molecule has 134 valence electrons. The molecule has 7 heteroatoms. The Labute approximate surface area is 152 Å². The van der Waals surface area contributed by atoms with E-state index in [-0.39, 0.29) is 5.91 Å². The number of fused-ring (bicyclic) bond motifs is 1. The third-order valence-electron chi connectivity index (χ3n) is 5.05. The highest BCUT2D eigenvalue weighted by molar-refractivity contribution is 5.94. The van der Waals surface area contributed by atoms with E-state index in [2.05, 4.69) is 20.6 Å². The highest BCUT2D eigenvalue weighted by Gasteiger charge is 2.27. The van der Waals surface area contributed by atoms with E-state index in [4.69, 9.17) is 0 Å². The first-order valence-electron chi connectivity index (χ1n) is 8.92. The molecule has 4 rings (SSSR count). The average Bonchev–Trinajstić information content (AvgIpc) is 3.08. The number of nitrogens with zero attached hydrogens (tertiary/aromatic N) is 5. The molecule has 1 aliphatic rings. The number of piperidine rings is 1. The number of pyridine rings is 1. The second-order valence-electron chi connectivity index (χ2n) is 6.67. The van der Waals surface area contributed by atoms with Crippen LogP contribution in [0.1, 0.15) is 29.0 Å². The molecule has 1 atom stereocenters. The van der Waals surface area contributed by atoms with E-state index >= 15 is 0 Å². The molecular weight excluding hydrogens is 328 g/mol. The number of aromatic nitrogens is 4. The maximum Gasteiger partial charge on any atom is 0.276 e. The van der Waals surface area contributed by atoms with Gasteiger partial charge in [0.1, 0.15) is 0 Å². The predicted octanol–water partition coefficient (Wildman–Crippen LogP) is 1.95. The van der Waals surface area contributed by atoms with Crippen molar-refractivity contribution < 1.29 is 4.79 Å². The molecule has 0 spiro atoms. The smallest absolute Gasteiger partial charge is 0.276 e. The molecule has 1 saturated heterocycles. The van der Waals surface area contributed by atoms with E-state index in [0.29, 0.717) is 18.3 Å². The molecule has 1 aromatic carbocycles. The van der Waals surface area contributed by atoms with Crippen LogP contribution >= 0.6 is 0 Å². The highest BCUT2D eigenvalue weighted by atomic mass is 16.2. The largest absolute Gasteiger partial charge is 0.336 e. The van der Waals surface area contributed by atoms with Crippen LogP contribution < -0.4 is 5.32 Å². The van der Waals surface area contributed by atoms with E-state index in [9.17, 15) is 4.79 Å². The predicted molar refractivity (Wildman–Crippen MR) is 99.4 cm³/mol. The van der Waals surface area contributed by atoms with E-state index in [0.717, 1.165) is 41.7 Å². The maximum absolute atomic E-state index is 13.0. The molecule has 1 fully saturated rings. The van der Waals surface area contributed by atoms with Gasteiger partial charge >= 0.3 is 0 Å². The molecule has 1 N–H and O–H groups in total. The fourth-order valence-electron chi connectivity index (χ4n) is 3.56. The van der Waals surface area contributed by atoms with Crippen LogP contribution in [0, 0.1) is 6.92 Å². The lowest BCUT2D eigenvalue weighted by Gasteiger charge is -2.32. The van der Waals surface area contributed by atoms with Crippen LogP contribution in [-0.2, 0) is 0 Å². The highest BCUT2D eigenvalue weighted by Crippen LogP contribution is 2.22. The Kier molecular flexibility index (Phi) is 4.38. The van der Waals surface area contributed by atoms with Crippen molar-refractivity contribution in [3.05, 3.63) is 47.9 Å². The minimum absolute atomic E-state index is 0.0538. The lowest BCUT2D eigenvalue weighted by molar-refractivity contribution is 0.0691. The summed E-state index contributed by atoms with van der Waals surface area (Å²) in [6.45, 7) is 3.35. The lowest BCUT2D eigenvalue weighted by Crippen LogP contribution is -2.47. The molecule has 1 amide bonds. The topological polar surface area (TPSA) is 75.9 Å². The van der Waals surface area contributed by atoms with Gasteiger partial charge in [0.2, 0.25) is 0 Å². The molecule has 0 saturated carbocycles. The van der Waals surface area contributed by atoms with Crippen molar-refractivity contribution in [3.63, 3.8) is 0 Å². The summed E-state index contributed by atoms with van der Waals surface area (Å²) in [5.74, 6) is -0.0538. The average molecular weight is 350 g/mol. The van der Waals surface area contributed by atoms with Crippen molar-refractivity contribution in [2.24, 2.45) is 0 Å². The zero-order valence-electron chi connectivity index (χ0n) is 15.0. The quantitative estimate of drug-likeness (QED) is 0.781. The first kappa shape index (κ1) is 16.7. The Morgan fingerprint density at radius 2 is 2.12 bits per heavy atom. The van der Waals surface area contributed by atoms with E-state index in [1.54, 1.807) is 10.9 Å². The summed E-state index contributed by atoms with van der Waals surface area (Å²) in [6.07, 6.45) is 3.85. The van der Waals surface area contributed by atoms with Gasteiger partial charge in [-0.15, -0.1) is 5.10 Å². The number of likely N-dealkylation sites (N-methyl/N-ethyl adjacent to an activating group) is 1. The summed E-state index contributed by atoms with van der Waals surface area (Å²) in [6, 6.07) is 10.2. The number of likely N-dealkylation sites (tertiary alicyclic amines) is 1. The van der Waals surface area contributed by atoms with Gasteiger partial charge in [-0.25, -0.2) is 4.68 Å². The number of rotatable bonds is 3. The second-order valence-corrected chi connectivity index (χ2v) is 6.67. The Hall–Kier alpha value is -2.80. The van der Waals surface area contributed by atoms with Gasteiger partial charge in [0, 0.05) is 30.7 Å². The van der Waals surface area contributed by atoms with Gasteiger partial charge in [-0.3, -0.25) is 9.78 Å². The van der Waals surface area contributed by atoms with Crippen molar-refractivity contribution in [1.82, 2.24) is 30.2 Å². The normalized spacial score (nSPS) is 17.6. The van der Waals surface area contributed by atoms with E-state index in [1.165, 1.54) is 0 Å². The van der Waals surface area contributed by atoms with Crippen molar-refractivity contribution in [1.29, 1.82) is 0 Å². The minimum atomic E-state index is -0.0538. The molecule has 0 radical (unpaired) electrons. The minimum Gasteiger partial charge on any atom is -0.336 e. The van der Waals surface area contributed by atoms with Crippen LogP contribution in [0.3, 0.4) is 0 Å². The van der Waals surface area contributed by atoms with Gasteiger partial charge < -0.3 is 10.2 Å². The number of hydrogen-bond donors (Lipinski definition) is 1. The molecule has 0 bridgehead atoms. The van der Waals surface area contributed by atoms with Crippen LogP contribution in [0.15, 0.2) is 36.5 Å². The van der Waals surface area contributed by atoms with Crippen molar-refractivity contribution >= 4 is 16.8 Å². The number of para-hydroxylation sites is 1. The standard InChI is InChI=1S/C19H22N6O/c1-13-17(19(26)24-11-5-8-15(12-24)20-2)22-23-25(13)16-9-3-6-14-7-4-10-21-18(14)16/h3-4,6-7,9-10,15,20H,5,8,11-12H2,1-2H3/t15-/m1/s1. The Bertz CT molecular complexity index is 945. The van der Waals surface area contributed by atoms with E-state index in [1.807, 2.05) is 49.2 Å². The monoisotopic (exact) mass is 350 g/mol. The van der Waals surface area contributed by atoms with Gasteiger partial charge in [0.05, 0.1) is 16.9 Å². The van der Waals surface area contributed by atoms with Crippen LogP contribution in [-0.4, -0.2) is 57.0 Å². The summed E-state index contributed by atoms with van der Waals surface area (Å²) in [5, 5.41) is 12.7. The molecular formula is C19H22N6O. The fourth-order valence-corrected chi connectivity index (χ4v) is 3.56. The number of hydrogen-bond acceptors (Lipinski definition) is 5. The maximum atomic E-state index is 13.0. The molecule has 2 aromatic heterocycles. The number of carbonyl (C=O) groups excluding carboxylic acids is 1. The molecule has 0 unspecified atom stereocenters. The SMILES string of the molecule is CN[C@@H]1CCCN(C(=O)c2nnn(-c3cccc4cccnc34)c2C)C1. The van der Waals surface area contributed by atoms with E-state index < -0.39 is 0 Å². The number of amides is 1. The van der Waals surface area contributed by atoms with Crippen molar-refractivity contribution in [3.8, 4) is 5.69 Å². The van der Waals surface area contributed by atoms with Crippen molar-refractivity contribution in [2.45, 2.75) is 25.8 Å². The summed E-state index contributed by atoms with van der Waals surface area (Å²) in [4.78, 5) is 19.3. The summed E-state index contributed by atoms with van der Waals surface area (Å²) < 4.78 is 1.71. The van der Waals surface area contributed by atoms with Gasteiger partial charge in [-0.05, 0) is 38.9 Å². The van der Waals surface area contributed by atoms with Gasteiger partial charge in [0.15, 0.2) is 5.69 Å². The Morgan fingerprint density at radius 1 is 1.27 bits per heavy atom. The molecule has 1 aliphatic heterocycles. The Balaban J connectivity index is 1.69. The first-order chi connectivity index (χ1) is 12.7. The van der Waals surface area contributed by atoms with Gasteiger partial charge in [-0.2, -0.15) is 0 Å². The fraction of sp³-hybridized carbons (Fsp3) is 0.368. The van der Waals surface area contributed by atoms with Gasteiger partial charge in [0.25, 0.3) is 5.91 Å². The summed E-state index contributed by atoms with van der Waals surface area (Å²) in [5.41, 5.74) is 2.82. The third kappa shape index (κ3) is 2.84. The molecule has 0 aliphatic carbocycles. The third-order valence-corrected chi connectivity index (χ3v) is 5.05. The first-order valence-corrected chi connectivity index (χ1v) is 8.92. The van der Waals surface area contributed by atoms with Crippen LogP contribution in [0.2, 0.25) is 0 Å². The molecule has 3 heterocycles. The molecule has 7 nitrogen and oxygen atoms in total. The lowest BCUT2D eigenvalue weighted by atomic mass is 10.1. The van der Waals surface area contributed by atoms with Crippen LogP contribution in [0.25, 0.3) is 16.6 Å². The van der Waals surface area contributed by atoms with Crippen LogP contribution in [0.5, 0.6) is 0 Å².